The summed E-state index contributed by atoms with van der Waals surface area (Å²) in [7, 11) is -3.78. The monoisotopic (exact) mass is 595 g/mol. The molecule has 1 unspecified atom stereocenters. The highest BCUT2D eigenvalue weighted by Gasteiger charge is 2.38. The molecule has 1 aliphatic heterocycles. The molecule has 0 spiro atoms. The molecule has 0 N–H and O–H groups in total. The van der Waals surface area contributed by atoms with E-state index in [9.17, 15) is 34.8 Å². The van der Waals surface area contributed by atoms with Crippen LogP contribution in [0.25, 0.3) is 11.0 Å². The summed E-state index contributed by atoms with van der Waals surface area (Å²) < 4.78 is 115. The van der Waals surface area contributed by atoms with Crippen molar-refractivity contribution in [2.75, 3.05) is 19.7 Å². The number of fused-ring (bicyclic) bond motifs is 1. The molecule has 1 atom stereocenters. The van der Waals surface area contributed by atoms with E-state index in [2.05, 4.69) is 4.98 Å². The largest absolute Gasteiger partial charge is 0.416 e. The van der Waals surface area contributed by atoms with Gasteiger partial charge in [-0.25, -0.2) is 13.4 Å². The SMILES string of the molecule is CCN(CC)S(=O)(=O)c1ccc2c(c1)nc(SCc1ccc(C(F)(F)F)cc1C(F)(F)F)n2CC1CCCO1. The molecular weight excluding hydrogens is 568 g/mol. The Bertz CT molecular complexity index is 1430. The van der Waals surface area contributed by atoms with Crippen LogP contribution in [0, 0.1) is 0 Å². The van der Waals surface area contributed by atoms with Crippen molar-refractivity contribution in [2.45, 2.75) is 67.5 Å². The van der Waals surface area contributed by atoms with Gasteiger partial charge in [0.15, 0.2) is 5.16 Å². The van der Waals surface area contributed by atoms with Gasteiger partial charge >= 0.3 is 12.4 Å². The van der Waals surface area contributed by atoms with Crippen LogP contribution in [0.3, 0.4) is 0 Å². The summed E-state index contributed by atoms with van der Waals surface area (Å²) in [5.74, 6) is -0.299. The second kappa shape index (κ2) is 11.3. The number of sulfonamides is 1. The first-order valence-electron chi connectivity index (χ1n) is 12.3. The van der Waals surface area contributed by atoms with Gasteiger partial charge in [0.25, 0.3) is 0 Å². The van der Waals surface area contributed by atoms with E-state index >= 15 is 0 Å². The van der Waals surface area contributed by atoms with Gasteiger partial charge in [-0.1, -0.05) is 31.7 Å². The van der Waals surface area contributed by atoms with E-state index in [1.807, 2.05) is 0 Å². The summed E-state index contributed by atoms with van der Waals surface area (Å²) >= 11 is 0.937. The van der Waals surface area contributed by atoms with Crippen LogP contribution >= 0.6 is 11.8 Å². The predicted molar refractivity (Wildman–Crippen MR) is 135 cm³/mol. The van der Waals surface area contributed by atoms with Gasteiger partial charge in [0.1, 0.15) is 0 Å². The van der Waals surface area contributed by atoms with E-state index < -0.39 is 33.5 Å². The fourth-order valence-corrected chi connectivity index (χ4v) is 7.03. The highest BCUT2D eigenvalue weighted by atomic mass is 32.2. The third kappa shape index (κ3) is 6.39. The van der Waals surface area contributed by atoms with Gasteiger partial charge in [-0.15, -0.1) is 0 Å². The summed E-state index contributed by atoms with van der Waals surface area (Å²) in [4.78, 5) is 4.57. The molecule has 6 nitrogen and oxygen atoms in total. The quantitative estimate of drug-likeness (QED) is 0.207. The molecule has 1 aliphatic rings. The van der Waals surface area contributed by atoms with Crippen molar-refractivity contribution in [3.8, 4) is 0 Å². The molecule has 14 heteroatoms. The number of halogens is 6. The lowest BCUT2D eigenvalue weighted by atomic mass is 10.0. The molecule has 2 heterocycles. The minimum atomic E-state index is -4.98. The molecule has 214 valence electrons. The summed E-state index contributed by atoms with van der Waals surface area (Å²) in [6.07, 6.45) is -8.42. The number of hydrogen-bond acceptors (Lipinski definition) is 5. The predicted octanol–water partition coefficient (Wildman–Crippen LogP) is 6.58. The van der Waals surface area contributed by atoms with Crippen molar-refractivity contribution in [1.82, 2.24) is 13.9 Å². The Morgan fingerprint density at radius 1 is 1.05 bits per heavy atom. The Balaban J connectivity index is 1.73. The van der Waals surface area contributed by atoms with Crippen LogP contribution in [0.4, 0.5) is 26.3 Å². The molecule has 0 aliphatic carbocycles. The van der Waals surface area contributed by atoms with Crippen molar-refractivity contribution in [1.29, 1.82) is 0 Å². The maximum atomic E-state index is 13.7. The molecule has 3 aromatic rings. The van der Waals surface area contributed by atoms with Gasteiger partial charge in [-0.2, -0.15) is 30.6 Å². The fourth-order valence-electron chi connectivity index (χ4n) is 4.52. The van der Waals surface area contributed by atoms with Crippen molar-refractivity contribution >= 4 is 32.8 Å². The molecule has 4 rings (SSSR count). The first-order valence-corrected chi connectivity index (χ1v) is 14.7. The number of imidazole rings is 1. The van der Waals surface area contributed by atoms with Crippen LogP contribution in [-0.2, 0) is 39.4 Å². The fraction of sp³-hybridized carbons (Fsp3) is 0.480. The zero-order valence-electron chi connectivity index (χ0n) is 21.1. The van der Waals surface area contributed by atoms with Crippen LogP contribution in [-0.4, -0.2) is 48.1 Å². The summed E-state index contributed by atoms with van der Waals surface area (Å²) in [5.41, 5.74) is -2.14. The van der Waals surface area contributed by atoms with Crippen molar-refractivity contribution in [3.05, 3.63) is 53.1 Å². The number of ether oxygens (including phenoxy) is 1. The van der Waals surface area contributed by atoms with E-state index in [-0.39, 0.29) is 41.5 Å². The minimum Gasteiger partial charge on any atom is -0.376 e. The number of rotatable bonds is 9. The van der Waals surface area contributed by atoms with Gasteiger partial charge in [0.2, 0.25) is 10.0 Å². The van der Waals surface area contributed by atoms with E-state index in [4.69, 9.17) is 4.74 Å². The van der Waals surface area contributed by atoms with Crippen LogP contribution in [0.1, 0.15) is 43.4 Å². The van der Waals surface area contributed by atoms with Crippen LogP contribution in [0.5, 0.6) is 0 Å². The molecule has 2 aromatic carbocycles. The number of alkyl halides is 6. The molecule has 0 amide bonds. The van der Waals surface area contributed by atoms with E-state index in [0.717, 1.165) is 30.7 Å². The van der Waals surface area contributed by atoms with Gasteiger partial charge in [0.05, 0.1) is 39.7 Å². The van der Waals surface area contributed by atoms with E-state index in [1.54, 1.807) is 24.5 Å². The van der Waals surface area contributed by atoms with Crippen molar-refractivity contribution in [2.24, 2.45) is 0 Å². The summed E-state index contributed by atoms with van der Waals surface area (Å²) in [5, 5.41) is 0.311. The Labute approximate surface area is 226 Å². The Kier molecular flexibility index (Phi) is 8.60. The minimum absolute atomic E-state index is 0.0408. The zero-order valence-corrected chi connectivity index (χ0v) is 22.8. The van der Waals surface area contributed by atoms with Crippen LogP contribution in [0.15, 0.2) is 46.5 Å². The van der Waals surface area contributed by atoms with Crippen molar-refractivity contribution < 1.29 is 39.5 Å². The average Bonchev–Trinajstić information content (AvgIpc) is 3.50. The Morgan fingerprint density at radius 2 is 1.77 bits per heavy atom. The lowest BCUT2D eigenvalue weighted by Gasteiger charge is -2.18. The number of nitrogens with zero attached hydrogens (tertiary/aromatic N) is 3. The zero-order chi connectivity index (χ0) is 28.6. The molecular formula is C25H27F6N3O3S2. The maximum Gasteiger partial charge on any atom is 0.416 e. The first kappa shape index (κ1) is 29.7. The molecule has 1 aromatic heterocycles. The second-order valence-corrected chi connectivity index (χ2v) is 11.9. The summed E-state index contributed by atoms with van der Waals surface area (Å²) in [6.45, 7) is 4.93. The molecule has 0 saturated carbocycles. The van der Waals surface area contributed by atoms with Crippen molar-refractivity contribution in [3.63, 3.8) is 0 Å². The first-order chi connectivity index (χ1) is 18.3. The molecule has 1 fully saturated rings. The van der Waals surface area contributed by atoms with Crippen LogP contribution < -0.4 is 0 Å². The Morgan fingerprint density at radius 3 is 2.36 bits per heavy atom. The van der Waals surface area contributed by atoms with E-state index in [1.165, 1.54) is 16.4 Å². The van der Waals surface area contributed by atoms with Gasteiger partial charge < -0.3 is 9.30 Å². The number of hydrogen-bond donors (Lipinski definition) is 0. The van der Waals surface area contributed by atoms with Gasteiger partial charge in [-0.05, 0) is 48.7 Å². The topological polar surface area (TPSA) is 64.4 Å². The molecule has 0 radical (unpaired) electrons. The molecule has 39 heavy (non-hydrogen) atoms. The van der Waals surface area contributed by atoms with Gasteiger partial charge in [-0.3, -0.25) is 0 Å². The van der Waals surface area contributed by atoms with Crippen LogP contribution in [0.2, 0.25) is 0 Å². The molecule has 1 saturated heterocycles. The van der Waals surface area contributed by atoms with Gasteiger partial charge in [0, 0.05) is 25.4 Å². The van der Waals surface area contributed by atoms with E-state index in [0.29, 0.717) is 35.4 Å². The third-order valence-electron chi connectivity index (χ3n) is 6.54. The average molecular weight is 596 g/mol. The smallest absolute Gasteiger partial charge is 0.376 e. The lowest BCUT2D eigenvalue weighted by molar-refractivity contribution is -0.143. The highest BCUT2D eigenvalue weighted by molar-refractivity contribution is 7.98. The standard InChI is InChI=1S/C25H27F6N3O3S2/c1-3-33(4-2)39(35,36)19-9-10-22-21(13-19)32-23(34(22)14-18-6-5-11-37-18)38-15-16-7-8-17(24(26,27)28)12-20(16)25(29,30)31/h7-10,12-13,18H,3-6,11,14-15H2,1-2H3. The summed E-state index contributed by atoms with van der Waals surface area (Å²) in [6, 6.07) is 6.09. The highest BCUT2D eigenvalue weighted by Crippen LogP contribution is 2.39. The number of thioether (sulfide) groups is 1. The number of aromatic nitrogens is 2. The lowest BCUT2D eigenvalue weighted by Crippen LogP contribution is -2.30. The number of benzene rings is 2. The third-order valence-corrected chi connectivity index (χ3v) is 9.61. The normalized spacial score (nSPS) is 17.0. The second-order valence-electron chi connectivity index (χ2n) is 9.04. The Hall–Kier alpha value is -2.29. The maximum absolute atomic E-state index is 13.7. The molecule has 0 bridgehead atoms.